The zero-order valence-electron chi connectivity index (χ0n) is 13.6. The molecule has 0 saturated carbocycles. The third-order valence-corrected chi connectivity index (χ3v) is 4.16. The summed E-state index contributed by atoms with van der Waals surface area (Å²) in [5.41, 5.74) is 0.655. The van der Waals surface area contributed by atoms with E-state index in [1.54, 1.807) is 25.4 Å². The Hall–Kier alpha value is -2.25. The molecule has 0 aliphatic carbocycles. The maximum Gasteiger partial charge on any atom is 0.242 e. The number of hydrogen-bond acceptors (Lipinski definition) is 4. The third kappa shape index (κ3) is 3.63. The second-order valence-corrected chi connectivity index (χ2v) is 5.75. The molecule has 24 heavy (non-hydrogen) atoms. The summed E-state index contributed by atoms with van der Waals surface area (Å²) >= 11 is 0. The van der Waals surface area contributed by atoms with Crippen molar-refractivity contribution in [2.24, 2.45) is 0 Å². The zero-order valence-corrected chi connectivity index (χ0v) is 13.6. The van der Waals surface area contributed by atoms with Gasteiger partial charge in [0.25, 0.3) is 0 Å². The molecule has 2 aromatic rings. The lowest BCUT2D eigenvalue weighted by Crippen LogP contribution is -2.49. The molecule has 128 valence electrons. The lowest BCUT2D eigenvalue weighted by Gasteiger charge is -2.35. The molecule has 1 fully saturated rings. The average molecular weight is 332 g/mol. The number of hydrogen-bond donors (Lipinski definition) is 1. The number of nitrogens with one attached hydrogen (secondary N) is 1. The van der Waals surface area contributed by atoms with Crippen LogP contribution >= 0.6 is 0 Å². The van der Waals surface area contributed by atoms with Gasteiger partial charge in [-0.1, -0.05) is 12.1 Å². The van der Waals surface area contributed by atoms with Gasteiger partial charge in [0, 0.05) is 39.1 Å². The fraction of sp³-hybridized carbons (Fsp3) is 0.412. The van der Waals surface area contributed by atoms with Gasteiger partial charge in [-0.25, -0.2) is 9.37 Å². The summed E-state index contributed by atoms with van der Waals surface area (Å²) in [4.78, 5) is 18.8. The molecule has 1 aliphatic rings. The van der Waals surface area contributed by atoms with Crippen LogP contribution in [-0.4, -0.2) is 47.2 Å². The van der Waals surface area contributed by atoms with Crippen molar-refractivity contribution in [1.82, 2.24) is 19.8 Å². The summed E-state index contributed by atoms with van der Waals surface area (Å²) in [5, 5.41) is 2.86. The smallest absolute Gasteiger partial charge is 0.242 e. The van der Waals surface area contributed by atoms with Gasteiger partial charge in [0.05, 0.1) is 13.2 Å². The molecule has 0 unspecified atom stereocenters. The lowest BCUT2D eigenvalue weighted by atomic mass is 10.0. The molecule has 0 bridgehead atoms. The number of rotatable bonds is 6. The minimum Gasteiger partial charge on any atom is -0.383 e. The van der Waals surface area contributed by atoms with Crippen molar-refractivity contribution in [3.05, 3.63) is 53.9 Å². The van der Waals surface area contributed by atoms with Crippen LogP contribution in [0.25, 0.3) is 0 Å². The number of aromatic nitrogens is 2. The van der Waals surface area contributed by atoms with Crippen LogP contribution in [0.15, 0.2) is 36.7 Å². The molecule has 3 rings (SSSR count). The Morgan fingerprint density at radius 2 is 2.33 bits per heavy atom. The van der Waals surface area contributed by atoms with Gasteiger partial charge in [-0.3, -0.25) is 9.69 Å². The first kappa shape index (κ1) is 16.6. The minimum absolute atomic E-state index is 0.109. The van der Waals surface area contributed by atoms with E-state index < -0.39 is 6.04 Å². The van der Waals surface area contributed by atoms with Crippen molar-refractivity contribution in [2.75, 3.05) is 26.8 Å². The van der Waals surface area contributed by atoms with Crippen molar-refractivity contribution < 1.29 is 13.9 Å². The Morgan fingerprint density at radius 1 is 1.46 bits per heavy atom. The molecule has 0 spiro atoms. The van der Waals surface area contributed by atoms with Gasteiger partial charge < -0.3 is 14.6 Å². The quantitative estimate of drug-likeness (QED) is 0.867. The maximum absolute atomic E-state index is 13.6. The van der Waals surface area contributed by atoms with E-state index in [9.17, 15) is 9.18 Å². The fourth-order valence-electron chi connectivity index (χ4n) is 2.99. The van der Waals surface area contributed by atoms with Crippen molar-refractivity contribution in [3.8, 4) is 0 Å². The highest BCUT2D eigenvalue weighted by atomic mass is 19.1. The average Bonchev–Trinajstić information content (AvgIpc) is 3.00. The van der Waals surface area contributed by atoms with Gasteiger partial charge in [0.1, 0.15) is 17.7 Å². The summed E-state index contributed by atoms with van der Waals surface area (Å²) in [6.07, 6.45) is 3.64. The minimum atomic E-state index is -0.512. The number of benzene rings is 1. The highest BCUT2D eigenvalue weighted by molar-refractivity contribution is 5.83. The van der Waals surface area contributed by atoms with Crippen LogP contribution in [0.5, 0.6) is 0 Å². The Labute approximate surface area is 140 Å². The van der Waals surface area contributed by atoms with Crippen molar-refractivity contribution >= 4 is 5.91 Å². The fourth-order valence-corrected chi connectivity index (χ4v) is 2.99. The first-order valence-electron chi connectivity index (χ1n) is 7.95. The lowest BCUT2D eigenvalue weighted by molar-refractivity contribution is -0.129. The normalized spacial score (nSPS) is 18.6. The molecular weight excluding hydrogens is 311 g/mol. The van der Waals surface area contributed by atoms with Crippen LogP contribution in [-0.2, 0) is 22.6 Å². The van der Waals surface area contributed by atoms with Gasteiger partial charge in [-0.15, -0.1) is 0 Å². The van der Waals surface area contributed by atoms with Gasteiger partial charge >= 0.3 is 0 Å². The SMILES string of the molecule is COCCn1ccnc1CN1CCNC(=O)[C@@H]1c1cccc(F)c1. The van der Waals surface area contributed by atoms with E-state index in [0.29, 0.717) is 38.3 Å². The van der Waals surface area contributed by atoms with E-state index in [1.807, 2.05) is 15.7 Å². The number of nitrogens with zero attached hydrogens (tertiary/aromatic N) is 3. The third-order valence-electron chi connectivity index (χ3n) is 4.16. The van der Waals surface area contributed by atoms with Crippen LogP contribution in [0.2, 0.25) is 0 Å². The molecule has 1 N–H and O–H groups in total. The molecule has 6 nitrogen and oxygen atoms in total. The van der Waals surface area contributed by atoms with Crippen molar-refractivity contribution in [3.63, 3.8) is 0 Å². The van der Waals surface area contributed by atoms with Crippen LogP contribution in [0, 0.1) is 5.82 Å². The molecule has 1 amide bonds. The van der Waals surface area contributed by atoms with E-state index >= 15 is 0 Å². The van der Waals surface area contributed by atoms with Crippen LogP contribution in [0.4, 0.5) is 4.39 Å². The molecule has 1 saturated heterocycles. The zero-order chi connectivity index (χ0) is 16.9. The summed E-state index contributed by atoms with van der Waals surface area (Å²) in [5.74, 6) is 0.414. The number of halogens is 1. The number of methoxy groups -OCH3 is 1. The molecule has 1 aromatic heterocycles. The maximum atomic E-state index is 13.6. The predicted molar refractivity (Wildman–Crippen MR) is 86.7 cm³/mol. The molecule has 0 radical (unpaired) electrons. The molecule has 2 heterocycles. The highest BCUT2D eigenvalue weighted by Gasteiger charge is 2.32. The van der Waals surface area contributed by atoms with Gasteiger partial charge in [0.2, 0.25) is 5.91 Å². The summed E-state index contributed by atoms with van der Waals surface area (Å²) in [7, 11) is 1.66. The summed E-state index contributed by atoms with van der Waals surface area (Å²) in [6.45, 7) is 3.08. The monoisotopic (exact) mass is 332 g/mol. The Bertz CT molecular complexity index is 703. The molecule has 1 aliphatic heterocycles. The summed E-state index contributed by atoms with van der Waals surface area (Å²) in [6, 6.07) is 5.70. The second-order valence-electron chi connectivity index (χ2n) is 5.75. The van der Waals surface area contributed by atoms with E-state index in [-0.39, 0.29) is 11.7 Å². The second kappa shape index (κ2) is 7.55. The largest absolute Gasteiger partial charge is 0.383 e. The first-order valence-corrected chi connectivity index (χ1v) is 7.95. The van der Waals surface area contributed by atoms with E-state index in [1.165, 1.54) is 12.1 Å². The topological polar surface area (TPSA) is 59.4 Å². The molecular formula is C17H21FN4O2. The standard InChI is InChI=1S/C17H21FN4O2/c1-24-10-9-21-7-5-19-15(21)12-22-8-6-20-17(23)16(22)13-3-2-4-14(18)11-13/h2-5,7,11,16H,6,8-10,12H2,1H3,(H,20,23)/t16-/m0/s1. The Balaban J connectivity index is 1.82. The van der Waals surface area contributed by atoms with Gasteiger partial charge in [-0.05, 0) is 17.7 Å². The summed E-state index contributed by atoms with van der Waals surface area (Å²) < 4.78 is 20.7. The van der Waals surface area contributed by atoms with Gasteiger partial charge in [-0.2, -0.15) is 0 Å². The van der Waals surface area contributed by atoms with Crippen molar-refractivity contribution in [2.45, 2.75) is 19.1 Å². The van der Waals surface area contributed by atoms with E-state index in [0.717, 1.165) is 5.82 Å². The number of amides is 1. The Kier molecular flexibility index (Phi) is 5.22. The Morgan fingerprint density at radius 3 is 3.12 bits per heavy atom. The number of carbonyl (C=O) groups excluding carboxylic acids is 1. The van der Waals surface area contributed by atoms with Gasteiger partial charge in [0.15, 0.2) is 0 Å². The first-order chi connectivity index (χ1) is 11.7. The highest BCUT2D eigenvalue weighted by Crippen LogP contribution is 2.25. The van der Waals surface area contributed by atoms with Crippen molar-refractivity contribution in [1.29, 1.82) is 0 Å². The molecule has 1 atom stereocenters. The number of carbonyl (C=O) groups is 1. The number of imidazole rings is 1. The van der Waals surface area contributed by atoms with Crippen LogP contribution in [0.3, 0.4) is 0 Å². The van der Waals surface area contributed by atoms with Crippen LogP contribution < -0.4 is 5.32 Å². The predicted octanol–water partition coefficient (Wildman–Crippen LogP) is 1.34. The number of piperazine rings is 1. The van der Waals surface area contributed by atoms with E-state index in [2.05, 4.69) is 10.3 Å². The number of ether oxygens (including phenoxy) is 1. The van der Waals surface area contributed by atoms with Crippen LogP contribution in [0.1, 0.15) is 17.4 Å². The molecule has 1 aromatic carbocycles. The molecule has 7 heteroatoms. The van der Waals surface area contributed by atoms with E-state index in [4.69, 9.17) is 4.74 Å².